The quantitative estimate of drug-likeness (QED) is 0.783. The van der Waals surface area contributed by atoms with Gasteiger partial charge in [-0.05, 0) is 18.6 Å². The Bertz CT molecular complexity index is 537. The monoisotopic (exact) mass is 271 g/mol. The number of aryl methyl sites for hydroxylation is 1. The van der Waals surface area contributed by atoms with Gasteiger partial charge in [-0.25, -0.2) is 4.98 Å². The van der Waals surface area contributed by atoms with Crippen molar-refractivity contribution >= 4 is 35.8 Å². The first-order valence-electron chi connectivity index (χ1n) is 4.94. The Morgan fingerprint density at radius 2 is 2.18 bits per heavy atom. The summed E-state index contributed by atoms with van der Waals surface area (Å²) in [4.78, 5) is 7.39. The van der Waals surface area contributed by atoms with E-state index in [0.717, 1.165) is 23.0 Å². The molecule has 0 aliphatic rings. The van der Waals surface area contributed by atoms with Gasteiger partial charge < -0.3 is 10.7 Å². The third-order valence-electron chi connectivity index (χ3n) is 2.24. The highest BCUT2D eigenvalue weighted by Gasteiger charge is 2.00. The Labute approximate surface area is 113 Å². The molecule has 2 aromatic rings. The summed E-state index contributed by atoms with van der Waals surface area (Å²) >= 11 is 0. The number of halogens is 2. The SMILES string of the molecule is Cc1c[nH]c2ncc(C#CCCN)cc12.Cl.Cl. The number of nitrogens with one attached hydrogen (secondary N) is 1. The summed E-state index contributed by atoms with van der Waals surface area (Å²) in [5.74, 6) is 6.05. The van der Waals surface area contributed by atoms with Gasteiger partial charge in [0.2, 0.25) is 0 Å². The van der Waals surface area contributed by atoms with Crippen LogP contribution in [0, 0.1) is 18.8 Å². The standard InChI is InChI=1S/C12H13N3.2ClH/c1-9-7-14-12-11(9)6-10(8-15-12)4-2-3-5-13;;/h6-8H,3,5,13H2,1H3,(H,14,15);2*1H. The van der Waals surface area contributed by atoms with Crippen LogP contribution in [-0.4, -0.2) is 16.5 Å². The molecule has 0 unspecified atom stereocenters. The molecule has 0 aliphatic heterocycles. The average Bonchev–Trinajstić information content (AvgIpc) is 2.61. The van der Waals surface area contributed by atoms with Gasteiger partial charge in [0.15, 0.2) is 0 Å². The fourth-order valence-corrected chi connectivity index (χ4v) is 1.44. The molecule has 0 saturated carbocycles. The largest absolute Gasteiger partial charge is 0.346 e. The number of fused-ring (bicyclic) bond motifs is 1. The third kappa shape index (κ3) is 3.64. The maximum absolute atomic E-state index is 5.37. The van der Waals surface area contributed by atoms with Gasteiger partial charge >= 0.3 is 0 Å². The minimum Gasteiger partial charge on any atom is -0.346 e. The lowest BCUT2D eigenvalue weighted by atomic mass is 10.2. The van der Waals surface area contributed by atoms with Crippen molar-refractivity contribution in [3.63, 3.8) is 0 Å². The van der Waals surface area contributed by atoms with Crippen molar-refractivity contribution < 1.29 is 0 Å². The molecule has 2 heterocycles. The Hall–Kier alpha value is -1.21. The predicted molar refractivity (Wildman–Crippen MR) is 75.9 cm³/mol. The molecule has 5 heteroatoms. The number of hydrogen-bond donors (Lipinski definition) is 2. The van der Waals surface area contributed by atoms with Crippen LogP contribution in [0.25, 0.3) is 11.0 Å². The summed E-state index contributed by atoms with van der Waals surface area (Å²) in [7, 11) is 0. The second-order valence-electron chi connectivity index (χ2n) is 3.43. The van der Waals surface area contributed by atoms with E-state index >= 15 is 0 Å². The van der Waals surface area contributed by atoms with E-state index in [-0.39, 0.29) is 24.8 Å². The van der Waals surface area contributed by atoms with E-state index in [1.165, 1.54) is 5.56 Å². The van der Waals surface area contributed by atoms with Crippen LogP contribution in [0.3, 0.4) is 0 Å². The van der Waals surface area contributed by atoms with Crippen LogP contribution in [0.15, 0.2) is 18.5 Å². The first kappa shape index (κ1) is 15.8. The number of H-pyrrole nitrogens is 1. The van der Waals surface area contributed by atoms with Crippen LogP contribution in [0.5, 0.6) is 0 Å². The van der Waals surface area contributed by atoms with Crippen molar-refractivity contribution in [3.8, 4) is 11.8 Å². The van der Waals surface area contributed by atoms with Crippen molar-refractivity contribution in [2.45, 2.75) is 13.3 Å². The highest BCUT2D eigenvalue weighted by Crippen LogP contribution is 2.15. The molecular weight excluding hydrogens is 257 g/mol. The number of nitrogens with two attached hydrogens (primary N) is 1. The van der Waals surface area contributed by atoms with Gasteiger partial charge in [-0.2, -0.15) is 0 Å². The summed E-state index contributed by atoms with van der Waals surface area (Å²) < 4.78 is 0. The van der Waals surface area contributed by atoms with Crippen molar-refractivity contribution in [3.05, 3.63) is 29.6 Å². The maximum atomic E-state index is 5.37. The van der Waals surface area contributed by atoms with E-state index in [0.29, 0.717) is 6.54 Å². The zero-order chi connectivity index (χ0) is 10.7. The van der Waals surface area contributed by atoms with Crippen molar-refractivity contribution in [1.82, 2.24) is 9.97 Å². The van der Waals surface area contributed by atoms with E-state index in [1.54, 1.807) is 6.20 Å². The van der Waals surface area contributed by atoms with Gasteiger partial charge in [-0.15, -0.1) is 24.8 Å². The molecule has 0 amide bonds. The molecule has 92 valence electrons. The van der Waals surface area contributed by atoms with E-state index in [4.69, 9.17) is 5.73 Å². The van der Waals surface area contributed by atoms with Crippen LogP contribution in [0.1, 0.15) is 17.5 Å². The fraction of sp³-hybridized carbons (Fsp3) is 0.250. The molecule has 3 N–H and O–H groups in total. The zero-order valence-electron chi connectivity index (χ0n) is 9.49. The first-order valence-corrected chi connectivity index (χ1v) is 4.94. The van der Waals surface area contributed by atoms with Gasteiger partial charge in [-0.3, -0.25) is 0 Å². The molecule has 2 rings (SSSR count). The summed E-state index contributed by atoms with van der Waals surface area (Å²) in [5, 5.41) is 1.13. The molecule has 0 spiro atoms. The molecule has 0 radical (unpaired) electrons. The lowest BCUT2D eigenvalue weighted by molar-refractivity contribution is 1.03. The molecule has 3 nitrogen and oxygen atoms in total. The Morgan fingerprint density at radius 3 is 2.88 bits per heavy atom. The number of aromatic amines is 1. The highest BCUT2D eigenvalue weighted by atomic mass is 35.5. The van der Waals surface area contributed by atoms with Gasteiger partial charge in [0.25, 0.3) is 0 Å². The van der Waals surface area contributed by atoms with Crippen molar-refractivity contribution in [2.24, 2.45) is 5.73 Å². The molecular formula is C12H15Cl2N3. The minimum absolute atomic E-state index is 0. The smallest absolute Gasteiger partial charge is 0.137 e. The molecule has 0 aliphatic carbocycles. The second kappa shape index (κ2) is 7.18. The minimum atomic E-state index is 0. The summed E-state index contributed by atoms with van der Waals surface area (Å²) in [6, 6.07) is 2.05. The van der Waals surface area contributed by atoms with Crippen molar-refractivity contribution in [1.29, 1.82) is 0 Å². The van der Waals surface area contributed by atoms with Crippen LogP contribution >= 0.6 is 24.8 Å². The van der Waals surface area contributed by atoms with Gasteiger partial charge in [-0.1, -0.05) is 11.8 Å². The van der Waals surface area contributed by atoms with Crippen LogP contribution in [0.4, 0.5) is 0 Å². The zero-order valence-corrected chi connectivity index (χ0v) is 11.1. The predicted octanol–water partition coefficient (Wildman–Crippen LogP) is 2.42. The molecule has 0 aromatic carbocycles. The summed E-state index contributed by atoms with van der Waals surface area (Å²) in [6.45, 7) is 2.66. The van der Waals surface area contributed by atoms with E-state index in [1.807, 2.05) is 6.20 Å². The number of aromatic nitrogens is 2. The highest BCUT2D eigenvalue weighted by molar-refractivity contribution is 5.85. The lowest BCUT2D eigenvalue weighted by Gasteiger charge is -1.92. The van der Waals surface area contributed by atoms with Crippen molar-refractivity contribution in [2.75, 3.05) is 6.54 Å². The molecule has 0 atom stereocenters. The molecule has 0 saturated heterocycles. The number of pyridine rings is 1. The van der Waals surface area contributed by atoms with Gasteiger partial charge in [0.05, 0.1) is 0 Å². The summed E-state index contributed by atoms with van der Waals surface area (Å²) in [6.07, 6.45) is 4.46. The van der Waals surface area contributed by atoms with E-state index in [2.05, 4.69) is 34.8 Å². The number of hydrogen-bond acceptors (Lipinski definition) is 2. The molecule has 0 fully saturated rings. The van der Waals surface area contributed by atoms with E-state index < -0.39 is 0 Å². The van der Waals surface area contributed by atoms with Crippen LogP contribution < -0.4 is 5.73 Å². The van der Waals surface area contributed by atoms with Crippen LogP contribution in [0.2, 0.25) is 0 Å². The normalized spacial score (nSPS) is 8.82. The topological polar surface area (TPSA) is 54.7 Å². The number of rotatable bonds is 1. The Morgan fingerprint density at radius 1 is 1.41 bits per heavy atom. The summed E-state index contributed by atoms with van der Waals surface area (Å²) in [5.41, 5.74) is 8.42. The lowest BCUT2D eigenvalue weighted by Crippen LogP contribution is -1.95. The van der Waals surface area contributed by atoms with Crippen LogP contribution in [-0.2, 0) is 0 Å². The average molecular weight is 272 g/mol. The number of nitrogens with zero attached hydrogens (tertiary/aromatic N) is 1. The van der Waals surface area contributed by atoms with E-state index in [9.17, 15) is 0 Å². The fourth-order valence-electron chi connectivity index (χ4n) is 1.44. The molecule has 2 aromatic heterocycles. The van der Waals surface area contributed by atoms with Gasteiger partial charge in [0.1, 0.15) is 5.65 Å². The second-order valence-corrected chi connectivity index (χ2v) is 3.43. The Balaban J connectivity index is 0.00000128. The molecule has 17 heavy (non-hydrogen) atoms. The first-order chi connectivity index (χ1) is 7.31. The maximum Gasteiger partial charge on any atom is 0.137 e. The third-order valence-corrected chi connectivity index (χ3v) is 2.24. The molecule has 0 bridgehead atoms. The Kier molecular flexibility index (Phi) is 6.67. The van der Waals surface area contributed by atoms with Gasteiger partial charge in [0, 0.05) is 36.3 Å².